The highest BCUT2D eigenvalue weighted by Crippen LogP contribution is 2.23. The first kappa shape index (κ1) is 21.4. The molecule has 0 fully saturated rings. The SMILES string of the molecule is CCOC(=O)c1csc(N/N=C(\CC(=O)c2ccc(OC)cc2)C(F)(F)F)n1. The smallest absolute Gasteiger partial charge is 0.431 e. The zero-order valence-corrected chi connectivity index (χ0v) is 15.7. The number of hydrogen-bond donors (Lipinski definition) is 1. The Balaban J connectivity index is 2.12. The third-order valence-electron chi connectivity index (χ3n) is 3.34. The molecule has 0 bridgehead atoms. The predicted molar refractivity (Wildman–Crippen MR) is 97.1 cm³/mol. The molecule has 2 rings (SSSR count). The first-order valence-corrected chi connectivity index (χ1v) is 8.82. The zero-order chi connectivity index (χ0) is 20.7. The number of carbonyl (C=O) groups excluding carboxylic acids is 2. The van der Waals surface area contributed by atoms with Gasteiger partial charge in [0.2, 0.25) is 5.13 Å². The van der Waals surface area contributed by atoms with Crippen LogP contribution in [0.15, 0.2) is 34.7 Å². The average molecular weight is 415 g/mol. The molecule has 0 spiro atoms. The quantitative estimate of drug-likeness (QED) is 0.304. The Hall–Kier alpha value is -2.95. The van der Waals surface area contributed by atoms with Gasteiger partial charge in [-0.15, -0.1) is 11.3 Å². The maximum absolute atomic E-state index is 13.2. The second-order valence-corrected chi connectivity index (χ2v) is 6.11. The second kappa shape index (κ2) is 9.31. The molecule has 0 radical (unpaired) electrons. The third kappa shape index (κ3) is 5.78. The summed E-state index contributed by atoms with van der Waals surface area (Å²) in [6.07, 6.45) is -5.78. The molecule has 0 aliphatic rings. The Morgan fingerprint density at radius 3 is 2.50 bits per heavy atom. The number of anilines is 1. The molecule has 0 aliphatic carbocycles. The molecule has 7 nitrogen and oxygen atoms in total. The van der Waals surface area contributed by atoms with Crippen LogP contribution in [0.5, 0.6) is 5.75 Å². The average Bonchev–Trinajstić information content (AvgIpc) is 3.13. The van der Waals surface area contributed by atoms with Crippen LogP contribution in [-0.2, 0) is 4.74 Å². The van der Waals surface area contributed by atoms with Gasteiger partial charge in [0.25, 0.3) is 0 Å². The molecule has 28 heavy (non-hydrogen) atoms. The van der Waals surface area contributed by atoms with Gasteiger partial charge in [0, 0.05) is 10.9 Å². The van der Waals surface area contributed by atoms with Crippen molar-refractivity contribution in [2.45, 2.75) is 19.5 Å². The van der Waals surface area contributed by atoms with E-state index in [1.54, 1.807) is 6.92 Å². The number of methoxy groups -OCH3 is 1. The summed E-state index contributed by atoms with van der Waals surface area (Å²) in [5.74, 6) is -0.975. The Morgan fingerprint density at radius 1 is 1.25 bits per heavy atom. The van der Waals surface area contributed by atoms with Crippen LogP contribution in [0, 0.1) is 0 Å². The fourth-order valence-corrected chi connectivity index (χ4v) is 2.59. The highest BCUT2D eigenvalue weighted by atomic mass is 32.1. The van der Waals surface area contributed by atoms with E-state index >= 15 is 0 Å². The van der Waals surface area contributed by atoms with E-state index in [1.165, 1.54) is 36.8 Å². The van der Waals surface area contributed by atoms with Crippen molar-refractivity contribution in [2.75, 3.05) is 19.1 Å². The molecule has 1 heterocycles. The largest absolute Gasteiger partial charge is 0.497 e. The molecule has 1 N–H and O–H groups in total. The number of rotatable bonds is 8. The van der Waals surface area contributed by atoms with Crippen LogP contribution in [0.4, 0.5) is 18.3 Å². The van der Waals surface area contributed by atoms with Crippen LogP contribution >= 0.6 is 11.3 Å². The summed E-state index contributed by atoms with van der Waals surface area (Å²) < 4.78 is 49.3. The van der Waals surface area contributed by atoms with Crippen molar-refractivity contribution in [3.63, 3.8) is 0 Å². The standard InChI is InChI=1S/C17H16F3N3O4S/c1-3-27-15(25)12-9-28-16(21-12)23-22-14(17(18,19)20)8-13(24)10-4-6-11(26-2)7-5-10/h4-7,9H,3,8H2,1-2H3,(H,21,23)/b22-14+. The minimum Gasteiger partial charge on any atom is -0.497 e. The number of hydrogen-bond acceptors (Lipinski definition) is 8. The first-order valence-electron chi connectivity index (χ1n) is 7.94. The lowest BCUT2D eigenvalue weighted by Crippen LogP contribution is -2.27. The molecule has 1 aromatic carbocycles. The molecule has 0 aliphatic heterocycles. The number of ether oxygens (including phenoxy) is 2. The zero-order valence-electron chi connectivity index (χ0n) is 14.9. The van der Waals surface area contributed by atoms with Crippen molar-refractivity contribution >= 4 is 33.9 Å². The van der Waals surface area contributed by atoms with Gasteiger partial charge in [-0.3, -0.25) is 10.2 Å². The summed E-state index contributed by atoms with van der Waals surface area (Å²) in [4.78, 5) is 27.5. The highest BCUT2D eigenvalue weighted by molar-refractivity contribution is 7.13. The molecule has 0 amide bonds. The van der Waals surface area contributed by atoms with E-state index in [1.807, 2.05) is 0 Å². The molecule has 1 aromatic heterocycles. The summed E-state index contributed by atoms with van der Waals surface area (Å²) >= 11 is 0.879. The molecular weight excluding hydrogens is 399 g/mol. The lowest BCUT2D eigenvalue weighted by molar-refractivity contribution is -0.0602. The van der Waals surface area contributed by atoms with Gasteiger partial charge < -0.3 is 9.47 Å². The topological polar surface area (TPSA) is 89.9 Å². The van der Waals surface area contributed by atoms with Crippen LogP contribution in [0.25, 0.3) is 0 Å². The molecule has 150 valence electrons. The van der Waals surface area contributed by atoms with E-state index in [0.717, 1.165) is 11.3 Å². The molecule has 2 aromatic rings. The summed E-state index contributed by atoms with van der Waals surface area (Å²) in [5, 5.41) is 4.56. The first-order chi connectivity index (χ1) is 13.2. The van der Waals surface area contributed by atoms with Gasteiger partial charge in [0.05, 0.1) is 20.1 Å². The highest BCUT2D eigenvalue weighted by Gasteiger charge is 2.37. The van der Waals surface area contributed by atoms with Crippen LogP contribution in [0.1, 0.15) is 34.2 Å². The second-order valence-electron chi connectivity index (χ2n) is 5.25. The van der Waals surface area contributed by atoms with E-state index in [9.17, 15) is 22.8 Å². The summed E-state index contributed by atoms with van der Waals surface area (Å²) in [5.41, 5.74) is 0.866. The van der Waals surface area contributed by atoms with Gasteiger partial charge in [-0.25, -0.2) is 9.78 Å². The summed E-state index contributed by atoms with van der Waals surface area (Å²) in [6.45, 7) is 1.76. The number of Topliss-reactive ketones (excluding diaryl/α,β-unsaturated/α-hetero) is 1. The van der Waals surface area contributed by atoms with Crippen molar-refractivity contribution < 1.29 is 32.2 Å². The fraction of sp³-hybridized carbons (Fsp3) is 0.294. The van der Waals surface area contributed by atoms with Crippen molar-refractivity contribution in [1.29, 1.82) is 0 Å². The Bertz CT molecular complexity index is 863. The van der Waals surface area contributed by atoms with Crippen LogP contribution < -0.4 is 10.2 Å². The molecular formula is C17H16F3N3O4S. The molecule has 0 atom stereocenters. The molecule has 0 saturated carbocycles. The molecule has 11 heteroatoms. The third-order valence-corrected chi connectivity index (χ3v) is 4.09. The minimum atomic E-state index is -4.82. The van der Waals surface area contributed by atoms with Crippen molar-refractivity contribution in [3.8, 4) is 5.75 Å². The summed E-state index contributed by atoms with van der Waals surface area (Å²) in [6, 6.07) is 5.69. The van der Waals surface area contributed by atoms with E-state index in [-0.39, 0.29) is 23.0 Å². The maximum Gasteiger partial charge on any atom is 0.431 e. The van der Waals surface area contributed by atoms with Gasteiger partial charge in [0.15, 0.2) is 11.5 Å². The van der Waals surface area contributed by atoms with Gasteiger partial charge in [-0.1, -0.05) is 0 Å². The number of halogens is 3. The number of thiazole rings is 1. The van der Waals surface area contributed by atoms with Gasteiger partial charge >= 0.3 is 12.1 Å². The number of ketones is 1. The van der Waals surface area contributed by atoms with Gasteiger partial charge in [0.1, 0.15) is 11.5 Å². The minimum absolute atomic E-state index is 0.0401. The Labute approximate surface area is 162 Å². The number of aromatic nitrogens is 1. The van der Waals surface area contributed by atoms with E-state index < -0.39 is 30.1 Å². The predicted octanol–water partition coefficient (Wildman–Crippen LogP) is 3.93. The van der Waals surface area contributed by atoms with E-state index in [2.05, 4.69) is 15.5 Å². The lowest BCUT2D eigenvalue weighted by Gasteiger charge is -2.10. The Kier molecular flexibility index (Phi) is 7.10. The monoisotopic (exact) mass is 415 g/mol. The lowest BCUT2D eigenvalue weighted by atomic mass is 10.1. The van der Waals surface area contributed by atoms with Crippen molar-refractivity contribution in [3.05, 3.63) is 40.9 Å². The van der Waals surface area contributed by atoms with Crippen LogP contribution in [0.3, 0.4) is 0 Å². The number of benzene rings is 1. The van der Waals surface area contributed by atoms with Crippen LogP contribution in [0.2, 0.25) is 0 Å². The molecule has 0 unspecified atom stereocenters. The van der Waals surface area contributed by atoms with E-state index in [4.69, 9.17) is 9.47 Å². The fourth-order valence-electron chi connectivity index (χ4n) is 1.97. The number of esters is 1. The number of nitrogens with zero attached hydrogens (tertiary/aromatic N) is 2. The number of carbonyl (C=O) groups is 2. The van der Waals surface area contributed by atoms with Crippen LogP contribution in [-0.4, -0.2) is 42.3 Å². The Morgan fingerprint density at radius 2 is 1.93 bits per heavy atom. The number of alkyl halides is 3. The normalized spacial score (nSPS) is 11.8. The van der Waals surface area contributed by atoms with E-state index in [0.29, 0.717) is 5.75 Å². The van der Waals surface area contributed by atoms with Crippen molar-refractivity contribution in [1.82, 2.24) is 4.98 Å². The van der Waals surface area contributed by atoms with Gasteiger partial charge in [-0.2, -0.15) is 18.3 Å². The van der Waals surface area contributed by atoms with Crippen molar-refractivity contribution in [2.24, 2.45) is 5.10 Å². The summed E-state index contributed by atoms with van der Waals surface area (Å²) in [7, 11) is 1.43. The number of nitrogens with one attached hydrogen (secondary N) is 1. The number of hydrazone groups is 1. The molecule has 0 saturated heterocycles. The van der Waals surface area contributed by atoms with Gasteiger partial charge in [-0.05, 0) is 31.2 Å². The maximum atomic E-state index is 13.2.